The zero-order chi connectivity index (χ0) is 9.97. The van der Waals surface area contributed by atoms with E-state index in [1.165, 1.54) is 17.0 Å². The van der Waals surface area contributed by atoms with Crippen LogP contribution in [0.15, 0.2) is 30.5 Å². The summed E-state index contributed by atoms with van der Waals surface area (Å²) >= 11 is 1.62. The van der Waals surface area contributed by atoms with E-state index >= 15 is 0 Å². The van der Waals surface area contributed by atoms with E-state index in [1.807, 2.05) is 12.3 Å². The van der Waals surface area contributed by atoms with Crippen LogP contribution in [-0.4, -0.2) is 4.98 Å². The summed E-state index contributed by atoms with van der Waals surface area (Å²) in [6.07, 6.45) is 2.83. The standard InChI is InChI=1S/C11H10FNS/c1-2-10-7-13-11(14-10)8-4-3-5-9(12)6-8/h3-7H,2H2,1H3. The van der Waals surface area contributed by atoms with Crippen molar-refractivity contribution in [2.45, 2.75) is 13.3 Å². The molecule has 72 valence electrons. The molecule has 1 nitrogen and oxygen atoms in total. The Morgan fingerprint density at radius 3 is 2.93 bits per heavy atom. The zero-order valence-electron chi connectivity index (χ0n) is 7.83. The highest BCUT2D eigenvalue weighted by molar-refractivity contribution is 7.15. The Hall–Kier alpha value is -1.22. The summed E-state index contributed by atoms with van der Waals surface area (Å²) in [6.45, 7) is 2.09. The van der Waals surface area contributed by atoms with Crippen LogP contribution >= 0.6 is 11.3 Å². The van der Waals surface area contributed by atoms with Crippen molar-refractivity contribution in [3.8, 4) is 10.6 Å². The Labute approximate surface area is 86.2 Å². The largest absolute Gasteiger partial charge is 0.244 e. The normalized spacial score (nSPS) is 10.4. The minimum atomic E-state index is -0.212. The molecule has 1 heterocycles. The number of thiazole rings is 1. The molecular weight excluding hydrogens is 197 g/mol. The Morgan fingerprint density at radius 2 is 2.29 bits per heavy atom. The molecule has 0 fully saturated rings. The van der Waals surface area contributed by atoms with Gasteiger partial charge in [0.1, 0.15) is 10.8 Å². The van der Waals surface area contributed by atoms with Gasteiger partial charge < -0.3 is 0 Å². The van der Waals surface area contributed by atoms with Crippen LogP contribution in [0.5, 0.6) is 0 Å². The van der Waals surface area contributed by atoms with Crippen molar-refractivity contribution >= 4 is 11.3 Å². The molecule has 0 saturated heterocycles. The van der Waals surface area contributed by atoms with Crippen molar-refractivity contribution < 1.29 is 4.39 Å². The molecule has 0 N–H and O–H groups in total. The van der Waals surface area contributed by atoms with Gasteiger partial charge in [0.2, 0.25) is 0 Å². The average Bonchev–Trinajstić information content (AvgIpc) is 2.66. The lowest BCUT2D eigenvalue weighted by Gasteiger charge is -1.94. The first-order chi connectivity index (χ1) is 6.79. The molecule has 0 spiro atoms. The number of nitrogens with zero attached hydrogens (tertiary/aromatic N) is 1. The summed E-state index contributed by atoms with van der Waals surface area (Å²) in [7, 11) is 0. The van der Waals surface area contributed by atoms with Crippen LogP contribution in [0.25, 0.3) is 10.6 Å². The molecule has 0 bridgehead atoms. The van der Waals surface area contributed by atoms with Gasteiger partial charge in [0.05, 0.1) is 0 Å². The van der Waals surface area contributed by atoms with Gasteiger partial charge in [0.25, 0.3) is 0 Å². The van der Waals surface area contributed by atoms with Crippen molar-refractivity contribution in [1.82, 2.24) is 4.98 Å². The van der Waals surface area contributed by atoms with Crippen molar-refractivity contribution in [2.75, 3.05) is 0 Å². The maximum absolute atomic E-state index is 12.9. The molecule has 14 heavy (non-hydrogen) atoms. The molecule has 0 aliphatic rings. The average molecular weight is 207 g/mol. The first kappa shape index (κ1) is 9.34. The lowest BCUT2D eigenvalue weighted by Crippen LogP contribution is -1.77. The monoisotopic (exact) mass is 207 g/mol. The third kappa shape index (κ3) is 1.82. The second-order valence-corrected chi connectivity index (χ2v) is 4.11. The van der Waals surface area contributed by atoms with Crippen LogP contribution in [0.2, 0.25) is 0 Å². The zero-order valence-corrected chi connectivity index (χ0v) is 8.64. The van der Waals surface area contributed by atoms with Crippen LogP contribution in [0.3, 0.4) is 0 Å². The van der Waals surface area contributed by atoms with Gasteiger partial charge in [-0.3, -0.25) is 0 Å². The van der Waals surface area contributed by atoms with E-state index in [2.05, 4.69) is 11.9 Å². The van der Waals surface area contributed by atoms with Crippen LogP contribution in [-0.2, 0) is 6.42 Å². The number of hydrogen-bond donors (Lipinski definition) is 0. The predicted octanol–water partition coefficient (Wildman–Crippen LogP) is 3.51. The van der Waals surface area contributed by atoms with Gasteiger partial charge in [-0.1, -0.05) is 19.1 Å². The third-order valence-corrected chi connectivity index (χ3v) is 3.16. The third-order valence-electron chi connectivity index (χ3n) is 1.97. The lowest BCUT2D eigenvalue weighted by atomic mass is 10.2. The highest BCUT2D eigenvalue weighted by atomic mass is 32.1. The minimum Gasteiger partial charge on any atom is -0.244 e. The molecule has 2 aromatic rings. The Kier molecular flexibility index (Phi) is 2.59. The van der Waals surface area contributed by atoms with Gasteiger partial charge >= 0.3 is 0 Å². The quantitative estimate of drug-likeness (QED) is 0.734. The first-order valence-corrected chi connectivity index (χ1v) is 5.32. The number of rotatable bonds is 2. The van der Waals surface area contributed by atoms with Crippen LogP contribution in [0.4, 0.5) is 4.39 Å². The number of hydrogen-bond acceptors (Lipinski definition) is 2. The first-order valence-electron chi connectivity index (χ1n) is 4.50. The van der Waals surface area contributed by atoms with Crippen LogP contribution in [0.1, 0.15) is 11.8 Å². The maximum atomic E-state index is 12.9. The molecule has 0 amide bonds. The molecule has 1 aromatic heterocycles. The van der Waals surface area contributed by atoms with Crippen LogP contribution in [0, 0.1) is 5.82 Å². The Bertz CT molecular complexity index is 436. The van der Waals surface area contributed by atoms with Gasteiger partial charge in [-0.15, -0.1) is 11.3 Å². The molecule has 2 rings (SSSR count). The highest BCUT2D eigenvalue weighted by Crippen LogP contribution is 2.25. The summed E-state index contributed by atoms with van der Waals surface area (Å²) in [5, 5.41) is 0.890. The van der Waals surface area contributed by atoms with Gasteiger partial charge in [0, 0.05) is 16.6 Å². The summed E-state index contributed by atoms with van der Waals surface area (Å²) < 4.78 is 12.9. The molecular formula is C11H10FNS. The SMILES string of the molecule is CCc1cnc(-c2cccc(F)c2)s1. The molecule has 0 unspecified atom stereocenters. The highest BCUT2D eigenvalue weighted by Gasteiger charge is 2.03. The topological polar surface area (TPSA) is 12.9 Å². The van der Waals surface area contributed by atoms with E-state index < -0.39 is 0 Å². The summed E-state index contributed by atoms with van der Waals surface area (Å²) in [5.41, 5.74) is 0.856. The molecule has 0 radical (unpaired) electrons. The fourth-order valence-electron chi connectivity index (χ4n) is 1.23. The van der Waals surface area contributed by atoms with Crippen molar-refractivity contribution in [3.63, 3.8) is 0 Å². The Morgan fingerprint density at radius 1 is 1.43 bits per heavy atom. The molecule has 0 aliphatic heterocycles. The second-order valence-electron chi connectivity index (χ2n) is 3.00. The van der Waals surface area contributed by atoms with Crippen molar-refractivity contribution in [1.29, 1.82) is 0 Å². The number of benzene rings is 1. The number of aromatic nitrogens is 1. The number of halogens is 1. The van der Waals surface area contributed by atoms with Crippen molar-refractivity contribution in [2.24, 2.45) is 0 Å². The van der Waals surface area contributed by atoms with Gasteiger partial charge in [0.15, 0.2) is 0 Å². The van der Waals surface area contributed by atoms with E-state index in [9.17, 15) is 4.39 Å². The van der Waals surface area contributed by atoms with E-state index in [0.29, 0.717) is 0 Å². The molecule has 0 atom stereocenters. The fraction of sp³-hybridized carbons (Fsp3) is 0.182. The van der Waals surface area contributed by atoms with Gasteiger partial charge in [-0.2, -0.15) is 0 Å². The smallest absolute Gasteiger partial charge is 0.123 e. The van der Waals surface area contributed by atoms with Crippen LogP contribution < -0.4 is 0 Å². The van der Waals surface area contributed by atoms with E-state index in [-0.39, 0.29) is 5.82 Å². The van der Waals surface area contributed by atoms with E-state index in [4.69, 9.17) is 0 Å². The molecule has 0 aliphatic carbocycles. The van der Waals surface area contributed by atoms with E-state index in [0.717, 1.165) is 17.0 Å². The predicted molar refractivity (Wildman–Crippen MR) is 56.9 cm³/mol. The summed E-state index contributed by atoms with van der Waals surface area (Å²) in [6, 6.07) is 6.54. The maximum Gasteiger partial charge on any atom is 0.123 e. The molecule has 1 aromatic carbocycles. The summed E-state index contributed by atoms with van der Waals surface area (Å²) in [4.78, 5) is 5.48. The molecule has 3 heteroatoms. The lowest BCUT2D eigenvalue weighted by molar-refractivity contribution is 0.628. The van der Waals surface area contributed by atoms with Crippen molar-refractivity contribution in [3.05, 3.63) is 41.2 Å². The second kappa shape index (κ2) is 3.88. The van der Waals surface area contributed by atoms with Gasteiger partial charge in [-0.25, -0.2) is 9.37 Å². The summed E-state index contributed by atoms with van der Waals surface area (Å²) in [5.74, 6) is -0.212. The molecule has 0 saturated carbocycles. The van der Waals surface area contributed by atoms with E-state index in [1.54, 1.807) is 17.4 Å². The fourth-order valence-corrected chi connectivity index (χ4v) is 2.07. The van der Waals surface area contributed by atoms with Gasteiger partial charge in [-0.05, 0) is 18.6 Å². The minimum absolute atomic E-state index is 0.212. The Balaban J connectivity index is 2.39. The number of aryl methyl sites for hydroxylation is 1.